The first-order valence-electron chi connectivity index (χ1n) is 28.9. The number of carbonyl (C=O) groups excluding carboxylic acids is 2. The van der Waals surface area contributed by atoms with Gasteiger partial charge >= 0.3 is 5.97 Å². The lowest BCUT2D eigenvalue weighted by molar-refractivity contribution is -0.143. The molecule has 1 amide bonds. The van der Waals surface area contributed by atoms with Gasteiger partial charge in [0, 0.05) is 12.8 Å². The Hall–Kier alpha value is -1.40. The lowest BCUT2D eigenvalue weighted by Gasteiger charge is -2.22. The summed E-state index contributed by atoms with van der Waals surface area (Å²) >= 11 is 0. The molecule has 0 saturated heterocycles. The summed E-state index contributed by atoms with van der Waals surface area (Å²) in [4.78, 5) is 24.5. The monoisotopic (exact) mass is 904 g/mol. The second-order valence-electron chi connectivity index (χ2n) is 20.0. The molecule has 0 aliphatic heterocycles. The Bertz CT molecular complexity index is 955. The van der Waals surface area contributed by atoms with Gasteiger partial charge in [0.25, 0.3) is 0 Å². The fourth-order valence-corrected chi connectivity index (χ4v) is 9.11. The molecule has 0 radical (unpaired) electrons. The summed E-state index contributed by atoms with van der Waals surface area (Å²) in [6.07, 6.45) is 63.4. The predicted molar refractivity (Wildman–Crippen MR) is 278 cm³/mol. The largest absolute Gasteiger partial charge is 0.466 e. The Morgan fingerprint density at radius 2 is 0.734 bits per heavy atom. The lowest BCUT2D eigenvalue weighted by atomic mass is 10.0. The van der Waals surface area contributed by atoms with Gasteiger partial charge in [-0.2, -0.15) is 0 Å². The number of aliphatic hydroxyl groups is 2. The van der Waals surface area contributed by atoms with E-state index in [1.54, 1.807) is 0 Å². The van der Waals surface area contributed by atoms with Crippen LogP contribution >= 0.6 is 0 Å². The molecule has 0 aromatic carbocycles. The van der Waals surface area contributed by atoms with Crippen LogP contribution in [-0.4, -0.2) is 47.4 Å². The average Bonchev–Trinajstić information content (AvgIpc) is 3.29. The Labute approximate surface area is 399 Å². The molecule has 6 heteroatoms. The minimum absolute atomic E-state index is 0.00777. The second-order valence-corrected chi connectivity index (χ2v) is 20.0. The van der Waals surface area contributed by atoms with E-state index in [1.165, 1.54) is 218 Å². The van der Waals surface area contributed by atoms with E-state index >= 15 is 0 Å². The zero-order valence-corrected chi connectivity index (χ0v) is 43.3. The number of unbranched alkanes of at least 4 members (excludes halogenated alkanes) is 41. The molecule has 0 aliphatic carbocycles. The summed E-state index contributed by atoms with van der Waals surface area (Å²) in [5, 5.41) is 23.3. The van der Waals surface area contributed by atoms with E-state index < -0.39 is 12.1 Å². The average molecular weight is 905 g/mol. The van der Waals surface area contributed by atoms with Gasteiger partial charge in [-0.15, -0.1) is 0 Å². The number of nitrogens with one attached hydrogen (secondary N) is 1. The van der Waals surface area contributed by atoms with Crippen LogP contribution in [0.5, 0.6) is 0 Å². The fourth-order valence-electron chi connectivity index (χ4n) is 9.11. The molecule has 0 fully saturated rings. The number of hydrogen-bond donors (Lipinski definition) is 3. The van der Waals surface area contributed by atoms with Crippen molar-refractivity contribution in [3.05, 3.63) is 12.2 Å². The van der Waals surface area contributed by atoms with Gasteiger partial charge in [0.15, 0.2) is 0 Å². The summed E-state index contributed by atoms with van der Waals surface area (Å²) in [7, 11) is 0. The van der Waals surface area contributed by atoms with Crippen LogP contribution in [0.3, 0.4) is 0 Å². The number of ether oxygens (including phenoxy) is 1. The number of aliphatic hydroxyl groups excluding tert-OH is 2. The van der Waals surface area contributed by atoms with E-state index in [4.69, 9.17) is 4.74 Å². The van der Waals surface area contributed by atoms with Crippen LogP contribution in [0.25, 0.3) is 0 Å². The van der Waals surface area contributed by atoms with Crippen LogP contribution in [0.2, 0.25) is 0 Å². The highest BCUT2D eigenvalue weighted by molar-refractivity contribution is 5.76. The van der Waals surface area contributed by atoms with Crippen LogP contribution in [-0.2, 0) is 14.3 Å². The molecule has 380 valence electrons. The molecule has 0 aromatic heterocycles. The fraction of sp³-hybridized carbons (Fsp3) is 0.931. The van der Waals surface area contributed by atoms with Crippen molar-refractivity contribution in [2.24, 2.45) is 0 Å². The van der Waals surface area contributed by atoms with Crippen LogP contribution in [0, 0.1) is 0 Å². The van der Waals surface area contributed by atoms with Crippen molar-refractivity contribution in [3.63, 3.8) is 0 Å². The molecule has 3 N–H and O–H groups in total. The van der Waals surface area contributed by atoms with E-state index in [1.807, 2.05) is 0 Å². The third kappa shape index (κ3) is 50.0. The Morgan fingerprint density at radius 3 is 1.11 bits per heavy atom. The maximum absolute atomic E-state index is 12.5. The van der Waals surface area contributed by atoms with Crippen molar-refractivity contribution in [3.8, 4) is 0 Å². The van der Waals surface area contributed by atoms with Crippen LogP contribution < -0.4 is 5.32 Å². The Kier molecular flexibility index (Phi) is 53.0. The lowest BCUT2D eigenvalue weighted by Crippen LogP contribution is -2.45. The SMILES string of the molecule is CCCCCCCCCCCCCCCCCCCCCC(O)C(CO)NC(=O)CCCCCCCCC/C=C\CCCCCCOC(=O)CCCCCCCCCCCCCCC. The Morgan fingerprint density at radius 1 is 0.422 bits per heavy atom. The minimum Gasteiger partial charge on any atom is -0.466 e. The molecule has 0 rings (SSSR count). The molecular weight excluding hydrogens is 791 g/mol. The highest BCUT2D eigenvalue weighted by atomic mass is 16.5. The summed E-state index contributed by atoms with van der Waals surface area (Å²) in [5.74, 6) is -0.0549. The highest BCUT2D eigenvalue weighted by Crippen LogP contribution is 2.17. The number of hydrogen-bond acceptors (Lipinski definition) is 5. The van der Waals surface area contributed by atoms with Crippen molar-refractivity contribution in [2.45, 2.75) is 334 Å². The van der Waals surface area contributed by atoms with Gasteiger partial charge in [-0.3, -0.25) is 9.59 Å². The molecule has 64 heavy (non-hydrogen) atoms. The smallest absolute Gasteiger partial charge is 0.305 e. The van der Waals surface area contributed by atoms with Crippen molar-refractivity contribution in [1.29, 1.82) is 0 Å². The summed E-state index contributed by atoms with van der Waals surface area (Å²) < 4.78 is 5.46. The van der Waals surface area contributed by atoms with Crippen LogP contribution in [0.15, 0.2) is 12.2 Å². The van der Waals surface area contributed by atoms with E-state index in [0.29, 0.717) is 25.9 Å². The Balaban J connectivity index is 3.46. The zero-order chi connectivity index (χ0) is 46.5. The summed E-state index contributed by atoms with van der Waals surface area (Å²) in [6, 6.07) is -0.552. The van der Waals surface area contributed by atoms with E-state index in [2.05, 4.69) is 31.3 Å². The molecule has 0 aliphatic rings. The maximum atomic E-state index is 12.5. The molecule has 0 spiro atoms. The van der Waals surface area contributed by atoms with E-state index in [0.717, 1.165) is 70.6 Å². The molecule has 0 aromatic rings. The van der Waals surface area contributed by atoms with Gasteiger partial charge in [0.1, 0.15) is 0 Å². The number of amides is 1. The first-order chi connectivity index (χ1) is 31.5. The van der Waals surface area contributed by atoms with Gasteiger partial charge in [0.05, 0.1) is 25.4 Å². The number of allylic oxidation sites excluding steroid dienone is 2. The molecule has 0 heterocycles. The van der Waals surface area contributed by atoms with Gasteiger partial charge in [-0.25, -0.2) is 0 Å². The van der Waals surface area contributed by atoms with Gasteiger partial charge in [-0.05, 0) is 51.4 Å². The van der Waals surface area contributed by atoms with Gasteiger partial charge in [0.2, 0.25) is 5.91 Å². The second kappa shape index (κ2) is 54.2. The first kappa shape index (κ1) is 62.6. The normalized spacial score (nSPS) is 12.6. The molecular formula is C58H113NO5. The first-order valence-corrected chi connectivity index (χ1v) is 28.9. The van der Waals surface area contributed by atoms with E-state index in [9.17, 15) is 19.8 Å². The summed E-state index contributed by atoms with van der Waals surface area (Å²) in [5.41, 5.74) is 0. The summed E-state index contributed by atoms with van der Waals surface area (Å²) in [6.45, 7) is 4.94. The van der Waals surface area contributed by atoms with Gasteiger partial charge in [-0.1, -0.05) is 270 Å². The highest BCUT2D eigenvalue weighted by Gasteiger charge is 2.20. The number of carbonyl (C=O) groups is 2. The van der Waals surface area contributed by atoms with Crippen LogP contribution in [0.4, 0.5) is 0 Å². The number of esters is 1. The van der Waals surface area contributed by atoms with Crippen LogP contribution in [0.1, 0.15) is 322 Å². The third-order valence-electron chi connectivity index (χ3n) is 13.6. The standard InChI is InChI=1S/C58H113NO5/c1-3-5-7-9-11-13-15-17-18-19-20-21-23-27-30-34-38-42-46-50-56(61)55(54-60)59-57(62)51-47-43-39-35-31-28-24-22-25-29-33-37-41-45-49-53-64-58(63)52-48-44-40-36-32-26-16-14-12-10-8-6-4-2/h25,29,55-56,60-61H,3-24,26-28,30-54H2,1-2H3,(H,59,62)/b29-25-. The van der Waals surface area contributed by atoms with Gasteiger partial charge < -0.3 is 20.3 Å². The molecule has 6 nitrogen and oxygen atoms in total. The molecule has 0 bridgehead atoms. The maximum Gasteiger partial charge on any atom is 0.305 e. The third-order valence-corrected chi connectivity index (χ3v) is 13.6. The number of rotatable bonds is 54. The minimum atomic E-state index is -0.674. The molecule has 0 saturated carbocycles. The van der Waals surface area contributed by atoms with Crippen molar-refractivity contribution in [1.82, 2.24) is 5.32 Å². The zero-order valence-electron chi connectivity index (χ0n) is 43.3. The van der Waals surface area contributed by atoms with Crippen molar-refractivity contribution >= 4 is 11.9 Å². The molecule has 2 unspecified atom stereocenters. The topological polar surface area (TPSA) is 95.9 Å². The van der Waals surface area contributed by atoms with E-state index in [-0.39, 0.29) is 18.5 Å². The quantitative estimate of drug-likeness (QED) is 0.0321. The predicted octanol–water partition coefficient (Wildman–Crippen LogP) is 17.7. The van der Waals surface area contributed by atoms with Crippen molar-refractivity contribution < 1.29 is 24.5 Å². The molecule has 2 atom stereocenters. The van der Waals surface area contributed by atoms with Crippen molar-refractivity contribution in [2.75, 3.05) is 13.2 Å².